The molecule has 1 heterocycles. The van der Waals surface area contributed by atoms with Crippen LogP contribution in [-0.4, -0.2) is 20.6 Å². The molecule has 2 rings (SSSR count). The Morgan fingerprint density at radius 3 is 2.45 bits per heavy atom. The number of benzene rings is 1. The predicted molar refractivity (Wildman–Crippen MR) is 70.6 cm³/mol. The monoisotopic (exact) mass is 276 g/mol. The molecule has 0 spiro atoms. The molecule has 0 amide bonds. The summed E-state index contributed by atoms with van der Waals surface area (Å²) in [5.74, 6) is -1.41. The van der Waals surface area contributed by atoms with Crippen LogP contribution < -0.4 is 5.69 Å². The fourth-order valence-electron chi connectivity index (χ4n) is 2.10. The van der Waals surface area contributed by atoms with Crippen molar-refractivity contribution in [2.75, 3.05) is 0 Å². The molecule has 0 atom stereocenters. The first-order valence-electron chi connectivity index (χ1n) is 5.97. The van der Waals surface area contributed by atoms with Crippen molar-refractivity contribution < 1.29 is 14.3 Å². The van der Waals surface area contributed by atoms with Crippen molar-refractivity contribution >= 4 is 5.97 Å². The number of rotatable bonds is 3. The molecule has 1 N–H and O–H groups in total. The van der Waals surface area contributed by atoms with E-state index < -0.39 is 17.5 Å². The minimum atomic E-state index is -0.998. The molecule has 6 heteroatoms. The van der Waals surface area contributed by atoms with Crippen LogP contribution in [0, 0.1) is 19.7 Å². The predicted octanol–water partition coefficient (Wildman–Crippen LogP) is 1.62. The van der Waals surface area contributed by atoms with Gasteiger partial charge in [-0.15, -0.1) is 0 Å². The van der Waals surface area contributed by atoms with Crippen molar-refractivity contribution in [2.24, 2.45) is 0 Å². The van der Waals surface area contributed by atoms with E-state index >= 15 is 0 Å². The number of carbonyl (C=O) groups is 1. The van der Waals surface area contributed by atoms with Gasteiger partial charge in [-0.2, -0.15) is 4.98 Å². The summed E-state index contributed by atoms with van der Waals surface area (Å²) in [5.41, 5.74) is 1.32. The summed E-state index contributed by atoms with van der Waals surface area (Å²) in [6.07, 6.45) is -0.216. The first kappa shape index (κ1) is 13.9. The number of carboxylic acid groups (broad SMARTS) is 1. The Labute approximate surface area is 114 Å². The molecule has 0 radical (unpaired) electrons. The van der Waals surface area contributed by atoms with E-state index in [0.717, 1.165) is 0 Å². The highest BCUT2D eigenvalue weighted by molar-refractivity contribution is 5.71. The van der Waals surface area contributed by atoms with Gasteiger partial charge in [0.15, 0.2) is 0 Å². The van der Waals surface area contributed by atoms with E-state index in [1.54, 1.807) is 13.8 Å². The van der Waals surface area contributed by atoms with Gasteiger partial charge in [-0.3, -0.25) is 9.36 Å². The number of aryl methyl sites for hydroxylation is 1. The molecule has 0 aliphatic heterocycles. The Morgan fingerprint density at radius 1 is 1.30 bits per heavy atom. The second-order valence-electron chi connectivity index (χ2n) is 4.43. The van der Waals surface area contributed by atoms with Crippen LogP contribution in [0.4, 0.5) is 4.39 Å². The third-order valence-corrected chi connectivity index (χ3v) is 3.08. The molecule has 1 aromatic heterocycles. The lowest BCUT2D eigenvalue weighted by Crippen LogP contribution is -2.27. The van der Waals surface area contributed by atoms with Gasteiger partial charge in [-0.25, -0.2) is 9.18 Å². The normalized spacial score (nSPS) is 10.6. The molecule has 0 aliphatic rings. The van der Waals surface area contributed by atoms with Crippen LogP contribution in [0.15, 0.2) is 29.1 Å². The van der Waals surface area contributed by atoms with Crippen LogP contribution >= 0.6 is 0 Å². The summed E-state index contributed by atoms with van der Waals surface area (Å²) in [4.78, 5) is 26.7. The van der Waals surface area contributed by atoms with E-state index in [9.17, 15) is 14.0 Å². The first-order valence-corrected chi connectivity index (χ1v) is 5.97. The third-order valence-electron chi connectivity index (χ3n) is 3.08. The third kappa shape index (κ3) is 2.59. The van der Waals surface area contributed by atoms with Crippen molar-refractivity contribution in [1.29, 1.82) is 0 Å². The maximum Gasteiger partial charge on any atom is 0.352 e. The maximum absolute atomic E-state index is 12.9. The number of hydrogen-bond acceptors (Lipinski definition) is 3. The minimum absolute atomic E-state index is 0.216. The molecule has 5 nitrogen and oxygen atoms in total. The van der Waals surface area contributed by atoms with Crippen LogP contribution in [-0.2, 0) is 11.2 Å². The highest BCUT2D eigenvalue weighted by Crippen LogP contribution is 2.15. The summed E-state index contributed by atoms with van der Waals surface area (Å²) in [6.45, 7) is 3.25. The zero-order valence-corrected chi connectivity index (χ0v) is 11.1. The molecular formula is C14H13FN2O3. The Balaban J connectivity index is 2.67. The van der Waals surface area contributed by atoms with Gasteiger partial charge in [-0.05, 0) is 38.1 Å². The van der Waals surface area contributed by atoms with Crippen LogP contribution in [0.5, 0.6) is 0 Å². The summed E-state index contributed by atoms with van der Waals surface area (Å²) in [7, 11) is 0. The first-order chi connectivity index (χ1) is 9.40. The van der Waals surface area contributed by atoms with Gasteiger partial charge in [0.1, 0.15) is 5.82 Å². The van der Waals surface area contributed by atoms with Gasteiger partial charge in [0, 0.05) is 17.0 Å². The van der Waals surface area contributed by atoms with Gasteiger partial charge in [0.25, 0.3) is 0 Å². The Kier molecular flexibility index (Phi) is 3.65. The van der Waals surface area contributed by atoms with Gasteiger partial charge in [0.2, 0.25) is 0 Å². The van der Waals surface area contributed by atoms with Crippen LogP contribution in [0.3, 0.4) is 0 Å². The molecule has 0 unspecified atom stereocenters. The summed E-state index contributed by atoms with van der Waals surface area (Å²) in [5, 5.41) is 8.92. The van der Waals surface area contributed by atoms with Gasteiger partial charge in [0.05, 0.1) is 12.1 Å². The maximum atomic E-state index is 12.9. The topological polar surface area (TPSA) is 72.2 Å². The van der Waals surface area contributed by atoms with Crippen molar-refractivity contribution in [3.8, 4) is 5.69 Å². The Hall–Kier alpha value is -2.50. The van der Waals surface area contributed by atoms with Crippen molar-refractivity contribution in [2.45, 2.75) is 20.3 Å². The Morgan fingerprint density at radius 2 is 1.90 bits per heavy atom. The minimum Gasteiger partial charge on any atom is -0.481 e. The Bertz CT molecular complexity index is 720. The summed E-state index contributed by atoms with van der Waals surface area (Å²) < 4.78 is 14.2. The highest BCUT2D eigenvalue weighted by Gasteiger charge is 2.15. The van der Waals surface area contributed by atoms with E-state index in [2.05, 4.69) is 4.98 Å². The van der Waals surface area contributed by atoms with Crippen molar-refractivity contribution in [3.63, 3.8) is 0 Å². The SMILES string of the molecule is Cc1nc(=O)n(-c2ccc(F)cc2)c(C)c1CC(=O)O. The smallest absolute Gasteiger partial charge is 0.352 e. The molecule has 0 aliphatic carbocycles. The van der Waals surface area contributed by atoms with Gasteiger partial charge in [-0.1, -0.05) is 0 Å². The van der Waals surface area contributed by atoms with Gasteiger partial charge < -0.3 is 5.11 Å². The molecular weight excluding hydrogens is 263 g/mol. The quantitative estimate of drug-likeness (QED) is 0.924. The number of nitrogens with zero attached hydrogens (tertiary/aromatic N) is 2. The summed E-state index contributed by atoms with van der Waals surface area (Å²) >= 11 is 0. The van der Waals surface area contributed by atoms with Crippen LogP contribution in [0.1, 0.15) is 17.0 Å². The zero-order chi connectivity index (χ0) is 14.9. The standard InChI is InChI=1S/C14H13FN2O3/c1-8-12(7-13(18)19)9(2)17(14(20)16-8)11-5-3-10(15)4-6-11/h3-6H,7H2,1-2H3,(H,18,19). The van der Waals surface area contributed by atoms with E-state index in [0.29, 0.717) is 22.6 Å². The largest absolute Gasteiger partial charge is 0.481 e. The fraction of sp³-hybridized carbons (Fsp3) is 0.214. The molecule has 1 aromatic carbocycles. The fourth-order valence-corrected chi connectivity index (χ4v) is 2.10. The molecule has 0 fully saturated rings. The second-order valence-corrected chi connectivity index (χ2v) is 4.43. The molecule has 0 saturated carbocycles. The van der Waals surface area contributed by atoms with Gasteiger partial charge >= 0.3 is 11.7 Å². The van der Waals surface area contributed by atoms with Crippen molar-refractivity contribution in [1.82, 2.24) is 9.55 Å². The lowest BCUT2D eigenvalue weighted by Gasteiger charge is -2.14. The number of hydrogen-bond donors (Lipinski definition) is 1. The van der Waals surface area contributed by atoms with E-state index in [1.807, 2.05) is 0 Å². The number of carboxylic acids is 1. The highest BCUT2D eigenvalue weighted by atomic mass is 19.1. The van der Waals surface area contributed by atoms with Crippen LogP contribution in [0.25, 0.3) is 5.69 Å². The molecule has 0 bridgehead atoms. The lowest BCUT2D eigenvalue weighted by molar-refractivity contribution is -0.136. The molecule has 20 heavy (non-hydrogen) atoms. The lowest BCUT2D eigenvalue weighted by atomic mass is 10.1. The summed E-state index contributed by atoms with van der Waals surface area (Å²) in [6, 6.07) is 5.37. The zero-order valence-electron chi connectivity index (χ0n) is 11.1. The average Bonchev–Trinajstić information content (AvgIpc) is 2.36. The average molecular weight is 276 g/mol. The number of aromatic nitrogens is 2. The van der Waals surface area contributed by atoms with E-state index in [1.165, 1.54) is 28.8 Å². The van der Waals surface area contributed by atoms with Crippen molar-refractivity contribution in [3.05, 3.63) is 57.5 Å². The van der Waals surface area contributed by atoms with E-state index in [4.69, 9.17) is 5.11 Å². The number of halogens is 1. The van der Waals surface area contributed by atoms with Crippen LogP contribution in [0.2, 0.25) is 0 Å². The number of aliphatic carboxylic acids is 1. The second kappa shape index (κ2) is 5.24. The molecule has 0 saturated heterocycles. The molecule has 2 aromatic rings. The molecule has 104 valence electrons. The van der Waals surface area contributed by atoms with E-state index in [-0.39, 0.29) is 6.42 Å².